The monoisotopic (exact) mass is 228 g/mol. The van der Waals surface area contributed by atoms with E-state index in [1.54, 1.807) is 0 Å². The van der Waals surface area contributed by atoms with Crippen LogP contribution in [0.25, 0.3) is 0 Å². The molecule has 0 aromatic heterocycles. The molecule has 2 nitrogen and oxygen atoms in total. The van der Waals surface area contributed by atoms with Crippen molar-refractivity contribution < 1.29 is 9.90 Å². The summed E-state index contributed by atoms with van der Waals surface area (Å²) in [5.74, 6) is -0.0132. The van der Waals surface area contributed by atoms with Gasteiger partial charge in [-0.1, -0.05) is 53.4 Å². The first kappa shape index (κ1) is 15.5. The van der Waals surface area contributed by atoms with Crippen LogP contribution in [0.5, 0.6) is 0 Å². The summed E-state index contributed by atoms with van der Waals surface area (Å²) >= 11 is 0. The van der Waals surface area contributed by atoms with Crippen molar-refractivity contribution in [1.82, 2.24) is 0 Å². The van der Waals surface area contributed by atoms with Gasteiger partial charge in [0.1, 0.15) is 0 Å². The molecule has 0 saturated carbocycles. The van der Waals surface area contributed by atoms with Crippen LogP contribution in [0.2, 0.25) is 0 Å². The van der Waals surface area contributed by atoms with E-state index in [0.717, 1.165) is 32.1 Å². The van der Waals surface area contributed by atoms with Crippen LogP contribution in [0.15, 0.2) is 0 Å². The van der Waals surface area contributed by atoms with Crippen LogP contribution in [0, 0.1) is 11.3 Å². The van der Waals surface area contributed by atoms with Gasteiger partial charge in [0.25, 0.3) is 0 Å². The quantitative estimate of drug-likeness (QED) is 0.631. The Morgan fingerprint density at radius 3 is 1.75 bits per heavy atom. The molecule has 0 aliphatic carbocycles. The molecular weight excluding hydrogens is 200 g/mol. The van der Waals surface area contributed by atoms with E-state index in [2.05, 4.69) is 13.8 Å². The van der Waals surface area contributed by atoms with Crippen molar-refractivity contribution in [2.45, 2.75) is 72.6 Å². The molecular formula is C14H28O2. The molecule has 16 heavy (non-hydrogen) atoms. The normalized spacial score (nSPS) is 12.1. The van der Waals surface area contributed by atoms with Crippen molar-refractivity contribution >= 4 is 5.97 Å². The summed E-state index contributed by atoms with van der Waals surface area (Å²) in [5.41, 5.74) is -0.477. The Morgan fingerprint density at radius 2 is 1.50 bits per heavy atom. The van der Waals surface area contributed by atoms with E-state index >= 15 is 0 Å². The predicted octanol–water partition coefficient (Wildman–Crippen LogP) is 4.48. The minimum Gasteiger partial charge on any atom is -0.481 e. The van der Waals surface area contributed by atoms with E-state index in [-0.39, 0.29) is 0 Å². The van der Waals surface area contributed by atoms with Gasteiger partial charge in [-0.05, 0) is 25.2 Å². The molecule has 0 fully saturated rings. The Hall–Kier alpha value is -0.530. The van der Waals surface area contributed by atoms with Crippen molar-refractivity contribution in [3.05, 3.63) is 0 Å². The number of carboxylic acid groups (broad SMARTS) is 1. The summed E-state index contributed by atoms with van der Waals surface area (Å²) < 4.78 is 0. The van der Waals surface area contributed by atoms with Crippen LogP contribution >= 0.6 is 0 Å². The highest BCUT2D eigenvalue weighted by Gasteiger charge is 2.36. The van der Waals surface area contributed by atoms with E-state index in [9.17, 15) is 9.90 Å². The van der Waals surface area contributed by atoms with Crippen LogP contribution < -0.4 is 0 Å². The second-order valence-electron chi connectivity index (χ2n) is 4.94. The molecule has 0 spiro atoms. The highest BCUT2D eigenvalue weighted by molar-refractivity contribution is 5.74. The first-order chi connectivity index (χ1) is 7.56. The van der Waals surface area contributed by atoms with Gasteiger partial charge >= 0.3 is 5.97 Å². The Labute approximate surface area is 100 Å². The van der Waals surface area contributed by atoms with Gasteiger partial charge in [0.05, 0.1) is 5.41 Å². The number of rotatable bonds is 9. The third-order valence-electron chi connectivity index (χ3n) is 3.88. The van der Waals surface area contributed by atoms with Crippen LogP contribution in [-0.4, -0.2) is 11.1 Å². The van der Waals surface area contributed by atoms with Gasteiger partial charge in [-0.2, -0.15) is 0 Å². The molecule has 0 saturated heterocycles. The highest BCUT2D eigenvalue weighted by Crippen LogP contribution is 2.37. The summed E-state index contributed by atoms with van der Waals surface area (Å²) in [6.45, 7) is 8.38. The smallest absolute Gasteiger partial charge is 0.309 e. The van der Waals surface area contributed by atoms with Crippen LogP contribution in [-0.2, 0) is 4.79 Å². The van der Waals surface area contributed by atoms with E-state index in [0.29, 0.717) is 5.92 Å². The van der Waals surface area contributed by atoms with Gasteiger partial charge in [-0.25, -0.2) is 0 Å². The maximum absolute atomic E-state index is 11.4. The third kappa shape index (κ3) is 4.15. The molecule has 0 amide bonds. The Balaban J connectivity index is 4.61. The molecule has 96 valence electrons. The molecule has 1 N–H and O–H groups in total. The molecule has 0 aromatic rings. The lowest BCUT2D eigenvalue weighted by Crippen LogP contribution is -2.32. The van der Waals surface area contributed by atoms with Gasteiger partial charge in [0.15, 0.2) is 0 Å². The maximum Gasteiger partial charge on any atom is 0.309 e. The molecule has 0 unspecified atom stereocenters. The lowest BCUT2D eigenvalue weighted by molar-refractivity contribution is -0.150. The van der Waals surface area contributed by atoms with Crippen LogP contribution in [0.1, 0.15) is 72.6 Å². The number of hydrogen-bond donors (Lipinski definition) is 1. The van der Waals surface area contributed by atoms with Gasteiger partial charge in [0, 0.05) is 0 Å². The minimum atomic E-state index is -0.602. The lowest BCUT2D eigenvalue weighted by atomic mass is 9.73. The number of carbonyl (C=O) groups is 1. The van der Waals surface area contributed by atoms with Gasteiger partial charge in [-0.3, -0.25) is 4.79 Å². The van der Waals surface area contributed by atoms with E-state index in [4.69, 9.17) is 0 Å². The molecule has 2 heteroatoms. The van der Waals surface area contributed by atoms with Crippen molar-refractivity contribution in [2.24, 2.45) is 11.3 Å². The Morgan fingerprint density at radius 1 is 1.06 bits per heavy atom. The number of carboxylic acids is 1. The molecule has 0 bridgehead atoms. The first-order valence-electron chi connectivity index (χ1n) is 6.79. The zero-order valence-electron chi connectivity index (χ0n) is 11.4. The van der Waals surface area contributed by atoms with Crippen molar-refractivity contribution in [2.75, 3.05) is 0 Å². The molecule has 0 aliphatic heterocycles. The number of hydrogen-bond acceptors (Lipinski definition) is 1. The van der Waals surface area contributed by atoms with Crippen molar-refractivity contribution in [3.8, 4) is 0 Å². The van der Waals surface area contributed by atoms with Crippen LogP contribution in [0.3, 0.4) is 0 Å². The molecule has 0 heterocycles. The average molecular weight is 228 g/mol. The highest BCUT2D eigenvalue weighted by atomic mass is 16.4. The zero-order chi connectivity index (χ0) is 12.6. The maximum atomic E-state index is 11.4. The fraction of sp³-hybridized carbons (Fsp3) is 0.929. The van der Waals surface area contributed by atoms with E-state index < -0.39 is 11.4 Å². The van der Waals surface area contributed by atoms with Gasteiger partial charge in [-0.15, -0.1) is 0 Å². The SMILES string of the molecule is CCCC(CCC)CC(CC)(CC)C(=O)O. The average Bonchev–Trinajstić information content (AvgIpc) is 2.26. The molecule has 0 radical (unpaired) electrons. The fourth-order valence-corrected chi connectivity index (χ4v) is 2.65. The van der Waals surface area contributed by atoms with E-state index in [1.165, 1.54) is 12.8 Å². The molecule has 0 atom stereocenters. The van der Waals surface area contributed by atoms with E-state index in [1.807, 2.05) is 13.8 Å². The first-order valence-corrected chi connectivity index (χ1v) is 6.79. The third-order valence-corrected chi connectivity index (χ3v) is 3.88. The molecule has 0 aromatic carbocycles. The molecule has 0 rings (SSSR count). The van der Waals surface area contributed by atoms with Crippen molar-refractivity contribution in [1.29, 1.82) is 0 Å². The summed E-state index contributed by atoms with van der Waals surface area (Å²) in [6, 6.07) is 0. The Bertz CT molecular complexity index is 189. The predicted molar refractivity (Wildman–Crippen MR) is 68.6 cm³/mol. The second-order valence-corrected chi connectivity index (χ2v) is 4.94. The minimum absolute atomic E-state index is 0.477. The lowest BCUT2D eigenvalue weighted by Gasteiger charge is -2.31. The Kier molecular flexibility index (Phi) is 7.44. The van der Waals surface area contributed by atoms with Crippen LogP contribution in [0.4, 0.5) is 0 Å². The molecule has 0 aliphatic rings. The fourth-order valence-electron chi connectivity index (χ4n) is 2.65. The second kappa shape index (κ2) is 7.70. The van der Waals surface area contributed by atoms with Crippen molar-refractivity contribution in [3.63, 3.8) is 0 Å². The summed E-state index contributed by atoms with van der Waals surface area (Å²) in [6.07, 6.45) is 7.02. The summed E-state index contributed by atoms with van der Waals surface area (Å²) in [4.78, 5) is 11.4. The van der Waals surface area contributed by atoms with Gasteiger partial charge in [0.2, 0.25) is 0 Å². The summed E-state index contributed by atoms with van der Waals surface area (Å²) in [7, 11) is 0. The zero-order valence-corrected chi connectivity index (χ0v) is 11.4. The summed E-state index contributed by atoms with van der Waals surface area (Å²) in [5, 5.41) is 9.41. The number of aliphatic carboxylic acids is 1. The van der Waals surface area contributed by atoms with Gasteiger partial charge < -0.3 is 5.11 Å². The standard InChI is InChI=1S/C14H28O2/c1-5-9-12(10-6-2)11-14(7-3,8-4)13(15)16/h12H,5-11H2,1-4H3,(H,15,16). The largest absolute Gasteiger partial charge is 0.481 e. The topological polar surface area (TPSA) is 37.3 Å².